The van der Waals surface area contributed by atoms with Crippen molar-refractivity contribution in [2.24, 2.45) is 0 Å². The highest BCUT2D eigenvalue weighted by molar-refractivity contribution is 7.48. The number of phosphoric acid groups is 1. The number of benzene rings is 1. The molecule has 38 heavy (non-hydrogen) atoms. The number of para-hydroxylation sites is 1. The van der Waals surface area contributed by atoms with Crippen molar-refractivity contribution in [2.75, 3.05) is 34.2 Å². The van der Waals surface area contributed by atoms with E-state index in [1.165, 1.54) is 0 Å². The summed E-state index contributed by atoms with van der Waals surface area (Å²) in [7, 11) is -0.410. The predicted molar refractivity (Wildman–Crippen MR) is 139 cm³/mol. The van der Waals surface area contributed by atoms with Crippen LogP contribution in [0.15, 0.2) is 30.5 Å². The van der Waals surface area contributed by atoms with Crippen LogP contribution in [-0.4, -0.2) is 67.2 Å². The van der Waals surface area contributed by atoms with Crippen LogP contribution in [0.5, 0.6) is 0 Å². The van der Waals surface area contributed by atoms with Crippen LogP contribution in [0.3, 0.4) is 0 Å². The second-order valence-electron chi connectivity index (χ2n) is 10.6. The number of hydrogen-bond acceptors (Lipinski definition) is 11. The van der Waals surface area contributed by atoms with Gasteiger partial charge < -0.3 is 28.4 Å². The molecule has 0 atom stereocenters. The van der Waals surface area contributed by atoms with E-state index in [0.717, 1.165) is 29.4 Å². The monoisotopic (exact) mass is 558 g/mol. The molecular formula is C25H39N2O10P. The van der Waals surface area contributed by atoms with Crippen molar-refractivity contribution >= 4 is 31.0 Å². The van der Waals surface area contributed by atoms with Crippen molar-refractivity contribution in [1.82, 2.24) is 9.47 Å². The van der Waals surface area contributed by atoms with Gasteiger partial charge in [0.2, 0.25) is 13.6 Å². The minimum Gasteiger partial charge on any atom is -0.429 e. The lowest BCUT2D eigenvalue weighted by atomic mass is 10.1. The first-order chi connectivity index (χ1) is 17.6. The standard InChI is InChI=1S/C25H39N2O10P/c1-24(2,3)36-22(28)31-17-34-38(30,35-18-32-23(29)37-25(4,5)6)33-16-27-15-19(13-14-26(7)8)20-11-9-10-12-21(20)27/h9-12,15H,13-14,16-18H2,1-8H3. The number of carbonyl (C=O) groups excluding carboxylic acids is 2. The van der Waals surface area contributed by atoms with E-state index in [1.54, 1.807) is 46.1 Å². The molecule has 12 nitrogen and oxygen atoms in total. The van der Waals surface area contributed by atoms with Crippen LogP contribution in [0.25, 0.3) is 10.9 Å². The first-order valence-electron chi connectivity index (χ1n) is 12.0. The van der Waals surface area contributed by atoms with Crippen LogP contribution >= 0.6 is 7.82 Å². The largest absolute Gasteiger partial charge is 0.510 e. The molecule has 0 fully saturated rings. The van der Waals surface area contributed by atoms with Crippen molar-refractivity contribution in [1.29, 1.82) is 0 Å². The van der Waals surface area contributed by atoms with E-state index in [0.29, 0.717) is 0 Å². The third-order valence-corrected chi connectivity index (χ3v) is 5.88. The zero-order valence-electron chi connectivity index (χ0n) is 23.3. The highest BCUT2D eigenvalue weighted by atomic mass is 31.2. The molecule has 0 unspecified atom stereocenters. The molecule has 0 saturated carbocycles. The summed E-state index contributed by atoms with van der Waals surface area (Å²) in [6.07, 6.45) is 0.623. The van der Waals surface area contributed by atoms with E-state index in [2.05, 4.69) is 4.90 Å². The SMILES string of the molecule is CN(C)CCc1cn(COP(=O)(OCOC(=O)OC(C)(C)C)OCOC(=O)OC(C)(C)C)c2ccccc12. The van der Waals surface area contributed by atoms with Gasteiger partial charge in [-0.3, -0.25) is 4.52 Å². The fraction of sp³-hybridized carbons (Fsp3) is 0.600. The number of rotatable bonds is 12. The van der Waals surface area contributed by atoms with Gasteiger partial charge in [-0.2, -0.15) is 0 Å². The van der Waals surface area contributed by atoms with Gasteiger partial charge in [-0.1, -0.05) is 18.2 Å². The van der Waals surface area contributed by atoms with Gasteiger partial charge in [-0.25, -0.2) is 23.2 Å². The van der Waals surface area contributed by atoms with E-state index in [-0.39, 0.29) is 6.73 Å². The number of hydrogen-bond donors (Lipinski definition) is 0. The normalized spacial score (nSPS) is 12.6. The molecule has 1 heterocycles. The lowest BCUT2D eigenvalue weighted by Crippen LogP contribution is -2.25. The molecule has 1 aromatic carbocycles. The fourth-order valence-corrected chi connectivity index (χ4v) is 3.91. The van der Waals surface area contributed by atoms with Gasteiger partial charge in [-0.15, -0.1) is 0 Å². The Balaban J connectivity index is 2.11. The van der Waals surface area contributed by atoms with Gasteiger partial charge in [0.1, 0.15) is 17.9 Å². The van der Waals surface area contributed by atoms with E-state index in [9.17, 15) is 14.2 Å². The molecule has 1 aromatic heterocycles. The molecule has 0 radical (unpaired) electrons. The molecule has 0 amide bonds. The number of likely N-dealkylation sites (N-methyl/N-ethyl adjacent to an activating group) is 1. The van der Waals surface area contributed by atoms with Crippen molar-refractivity contribution in [3.63, 3.8) is 0 Å². The Morgan fingerprint density at radius 2 is 1.39 bits per heavy atom. The molecular weight excluding hydrogens is 519 g/mol. The number of nitrogens with zero attached hydrogens (tertiary/aromatic N) is 2. The molecule has 0 aliphatic heterocycles. The summed E-state index contributed by atoms with van der Waals surface area (Å²) >= 11 is 0. The third-order valence-electron chi connectivity index (χ3n) is 4.61. The maximum absolute atomic E-state index is 13.3. The van der Waals surface area contributed by atoms with E-state index in [4.69, 9.17) is 32.5 Å². The van der Waals surface area contributed by atoms with Gasteiger partial charge in [-0.05, 0) is 73.7 Å². The minimum atomic E-state index is -4.39. The smallest absolute Gasteiger partial charge is 0.429 e. The summed E-state index contributed by atoms with van der Waals surface area (Å²) in [4.78, 5) is 25.7. The van der Waals surface area contributed by atoms with E-state index >= 15 is 0 Å². The number of phosphoric ester groups is 1. The zero-order chi connectivity index (χ0) is 28.6. The molecule has 2 rings (SSSR count). The highest BCUT2D eigenvalue weighted by Gasteiger charge is 2.30. The second-order valence-corrected chi connectivity index (χ2v) is 12.3. The van der Waals surface area contributed by atoms with Gasteiger partial charge in [0, 0.05) is 18.1 Å². The molecule has 13 heteroatoms. The Labute approximate surface area is 223 Å². The lowest BCUT2D eigenvalue weighted by molar-refractivity contribution is -0.0641. The Morgan fingerprint density at radius 3 is 1.89 bits per heavy atom. The molecule has 0 aliphatic carbocycles. The summed E-state index contributed by atoms with van der Waals surface area (Å²) in [5.41, 5.74) is 0.336. The first-order valence-corrected chi connectivity index (χ1v) is 13.5. The Hall–Kier alpha value is -2.63. The zero-order valence-corrected chi connectivity index (χ0v) is 24.2. The first kappa shape index (κ1) is 31.6. The van der Waals surface area contributed by atoms with Gasteiger partial charge in [0.25, 0.3) is 0 Å². The van der Waals surface area contributed by atoms with Crippen LogP contribution in [0.2, 0.25) is 0 Å². The molecule has 0 N–H and O–H groups in total. The Bertz CT molecular complexity index is 1080. The van der Waals surface area contributed by atoms with Crippen molar-refractivity contribution in [2.45, 2.75) is 65.9 Å². The van der Waals surface area contributed by atoms with Crippen LogP contribution in [0, 0.1) is 0 Å². The van der Waals surface area contributed by atoms with Crippen LogP contribution in [0.1, 0.15) is 47.1 Å². The highest BCUT2D eigenvalue weighted by Crippen LogP contribution is 2.50. The average Bonchev–Trinajstić information content (AvgIpc) is 3.12. The Morgan fingerprint density at radius 1 is 0.868 bits per heavy atom. The maximum atomic E-state index is 13.3. The molecule has 0 aliphatic rings. The summed E-state index contributed by atoms with van der Waals surface area (Å²) < 4.78 is 50.6. The number of ether oxygens (including phenoxy) is 4. The number of carbonyl (C=O) groups is 2. The molecule has 214 valence electrons. The molecule has 0 bridgehead atoms. The minimum absolute atomic E-state index is 0.224. The van der Waals surface area contributed by atoms with E-state index < -0.39 is 44.9 Å². The average molecular weight is 559 g/mol. The van der Waals surface area contributed by atoms with Crippen molar-refractivity contribution < 1.29 is 46.7 Å². The summed E-state index contributed by atoms with van der Waals surface area (Å²) in [5, 5.41) is 1.02. The second kappa shape index (κ2) is 13.4. The maximum Gasteiger partial charge on any atom is 0.510 e. The lowest BCUT2D eigenvalue weighted by Gasteiger charge is -2.21. The van der Waals surface area contributed by atoms with Crippen LogP contribution < -0.4 is 0 Å². The number of aromatic nitrogens is 1. The molecule has 0 saturated heterocycles. The predicted octanol–water partition coefficient (Wildman–Crippen LogP) is 5.68. The van der Waals surface area contributed by atoms with E-state index in [1.807, 2.05) is 44.6 Å². The third kappa shape index (κ3) is 11.4. The fourth-order valence-electron chi connectivity index (χ4n) is 3.05. The quantitative estimate of drug-likeness (QED) is 0.182. The van der Waals surface area contributed by atoms with Crippen LogP contribution in [0.4, 0.5) is 9.59 Å². The summed E-state index contributed by atoms with van der Waals surface area (Å²) in [6.45, 7) is 9.00. The van der Waals surface area contributed by atoms with Crippen LogP contribution in [-0.2, 0) is 50.2 Å². The summed E-state index contributed by atoms with van der Waals surface area (Å²) in [5.74, 6) is 0. The van der Waals surface area contributed by atoms with Crippen molar-refractivity contribution in [3.05, 3.63) is 36.0 Å². The van der Waals surface area contributed by atoms with Gasteiger partial charge in [0.15, 0.2) is 0 Å². The topological polar surface area (TPSA) is 124 Å². The molecule has 0 spiro atoms. The van der Waals surface area contributed by atoms with Gasteiger partial charge >= 0.3 is 20.1 Å². The Kier molecular flexibility index (Phi) is 11.2. The summed E-state index contributed by atoms with van der Waals surface area (Å²) in [6, 6.07) is 7.71. The molecule has 2 aromatic rings. The number of fused-ring (bicyclic) bond motifs is 1. The van der Waals surface area contributed by atoms with Gasteiger partial charge in [0.05, 0.1) is 5.52 Å². The van der Waals surface area contributed by atoms with Crippen molar-refractivity contribution in [3.8, 4) is 0 Å².